The number of nitrogens with one attached hydrogen (secondary N) is 1. The van der Waals surface area contributed by atoms with E-state index in [2.05, 4.69) is 38.0 Å². The summed E-state index contributed by atoms with van der Waals surface area (Å²) in [6.45, 7) is 9.23. The Morgan fingerprint density at radius 1 is 1.31 bits per heavy atom. The van der Waals surface area contributed by atoms with Crippen LogP contribution in [0.5, 0.6) is 0 Å². The van der Waals surface area contributed by atoms with E-state index in [-0.39, 0.29) is 0 Å². The van der Waals surface area contributed by atoms with Crippen LogP contribution in [0.2, 0.25) is 0 Å². The van der Waals surface area contributed by atoms with Crippen LogP contribution in [0.1, 0.15) is 52.9 Å². The van der Waals surface area contributed by atoms with Crippen LogP contribution in [-0.2, 0) is 0 Å². The molecule has 1 N–H and O–H groups in total. The van der Waals surface area contributed by atoms with Crippen molar-refractivity contribution in [3.8, 4) is 0 Å². The van der Waals surface area contributed by atoms with Gasteiger partial charge in [-0.2, -0.15) is 0 Å². The first-order valence-corrected chi connectivity index (χ1v) is 7.07. The summed E-state index contributed by atoms with van der Waals surface area (Å²) in [7, 11) is 2.31. The number of hydrogen-bond donors (Lipinski definition) is 1. The SMILES string of the molecule is CCNC1CCCC(N(C)CCC(C)C)C1. The van der Waals surface area contributed by atoms with Crippen LogP contribution < -0.4 is 5.32 Å². The smallest absolute Gasteiger partial charge is 0.0107 e. The Kier molecular flexibility index (Phi) is 6.37. The highest BCUT2D eigenvalue weighted by atomic mass is 15.1. The van der Waals surface area contributed by atoms with Crippen molar-refractivity contribution in [1.29, 1.82) is 0 Å². The largest absolute Gasteiger partial charge is 0.314 e. The summed E-state index contributed by atoms with van der Waals surface area (Å²) in [5.74, 6) is 0.829. The molecule has 0 bridgehead atoms. The molecule has 0 aliphatic heterocycles. The fourth-order valence-electron chi connectivity index (χ4n) is 2.68. The second-order valence-electron chi connectivity index (χ2n) is 5.74. The molecule has 0 radical (unpaired) electrons. The summed E-state index contributed by atoms with van der Waals surface area (Å²) in [5, 5.41) is 3.61. The summed E-state index contributed by atoms with van der Waals surface area (Å²) in [5.41, 5.74) is 0. The predicted molar refractivity (Wildman–Crippen MR) is 71.8 cm³/mol. The Morgan fingerprint density at radius 3 is 2.69 bits per heavy atom. The summed E-state index contributed by atoms with van der Waals surface area (Å²) in [4.78, 5) is 2.59. The van der Waals surface area contributed by atoms with E-state index < -0.39 is 0 Å². The summed E-state index contributed by atoms with van der Waals surface area (Å²) in [6, 6.07) is 1.58. The van der Waals surface area contributed by atoms with Gasteiger partial charge in [0.2, 0.25) is 0 Å². The third-order valence-corrected chi connectivity index (χ3v) is 3.82. The van der Waals surface area contributed by atoms with E-state index in [1.165, 1.54) is 38.6 Å². The summed E-state index contributed by atoms with van der Waals surface area (Å²) < 4.78 is 0. The van der Waals surface area contributed by atoms with Gasteiger partial charge in [-0.3, -0.25) is 0 Å². The fourth-order valence-corrected chi connectivity index (χ4v) is 2.68. The van der Waals surface area contributed by atoms with Gasteiger partial charge in [-0.25, -0.2) is 0 Å². The molecule has 0 aromatic rings. The highest BCUT2D eigenvalue weighted by Gasteiger charge is 2.23. The molecule has 1 aliphatic rings. The Labute approximate surface area is 102 Å². The van der Waals surface area contributed by atoms with E-state index in [9.17, 15) is 0 Å². The van der Waals surface area contributed by atoms with Crippen molar-refractivity contribution in [3.63, 3.8) is 0 Å². The van der Waals surface area contributed by atoms with Crippen molar-refractivity contribution >= 4 is 0 Å². The van der Waals surface area contributed by atoms with Crippen LogP contribution in [0.25, 0.3) is 0 Å². The topological polar surface area (TPSA) is 15.3 Å². The number of hydrogen-bond acceptors (Lipinski definition) is 2. The first-order chi connectivity index (χ1) is 7.63. The molecule has 0 heterocycles. The quantitative estimate of drug-likeness (QED) is 0.749. The van der Waals surface area contributed by atoms with Gasteiger partial charge < -0.3 is 10.2 Å². The minimum atomic E-state index is 0.769. The van der Waals surface area contributed by atoms with Crippen molar-refractivity contribution in [1.82, 2.24) is 10.2 Å². The highest BCUT2D eigenvalue weighted by molar-refractivity contribution is 4.82. The molecule has 0 aromatic heterocycles. The lowest BCUT2D eigenvalue weighted by Gasteiger charge is -2.36. The van der Waals surface area contributed by atoms with Crippen molar-refractivity contribution in [2.24, 2.45) is 5.92 Å². The van der Waals surface area contributed by atoms with E-state index in [4.69, 9.17) is 0 Å². The van der Waals surface area contributed by atoms with Crippen LogP contribution in [0, 0.1) is 5.92 Å². The molecule has 1 rings (SSSR count). The second kappa shape index (κ2) is 7.29. The standard InChI is InChI=1S/C14H30N2/c1-5-15-13-7-6-8-14(11-13)16(4)10-9-12(2)3/h12-15H,5-11H2,1-4H3. The van der Waals surface area contributed by atoms with Gasteiger partial charge in [0.05, 0.1) is 0 Å². The van der Waals surface area contributed by atoms with Crippen LogP contribution in [0.15, 0.2) is 0 Å². The Hall–Kier alpha value is -0.0800. The van der Waals surface area contributed by atoms with Gasteiger partial charge in [0, 0.05) is 12.1 Å². The van der Waals surface area contributed by atoms with Gasteiger partial charge in [-0.1, -0.05) is 27.2 Å². The first-order valence-electron chi connectivity index (χ1n) is 7.07. The third kappa shape index (κ3) is 4.84. The van der Waals surface area contributed by atoms with Gasteiger partial charge in [-0.05, 0) is 51.7 Å². The van der Waals surface area contributed by atoms with Crippen molar-refractivity contribution in [3.05, 3.63) is 0 Å². The minimum absolute atomic E-state index is 0.769. The lowest BCUT2D eigenvalue weighted by Crippen LogP contribution is -2.43. The second-order valence-corrected chi connectivity index (χ2v) is 5.74. The first kappa shape index (κ1) is 14.0. The predicted octanol–water partition coefficient (Wildman–Crippen LogP) is 2.89. The number of rotatable bonds is 6. The molecule has 0 amide bonds. The zero-order valence-electron chi connectivity index (χ0n) is 11.6. The van der Waals surface area contributed by atoms with Crippen molar-refractivity contribution < 1.29 is 0 Å². The summed E-state index contributed by atoms with van der Waals surface area (Å²) >= 11 is 0. The molecule has 2 nitrogen and oxygen atoms in total. The van der Waals surface area contributed by atoms with Gasteiger partial charge in [0.1, 0.15) is 0 Å². The minimum Gasteiger partial charge on any atom is -0.314 e. The molecule has 96 valence electrons. The fraction of sp³-hybridized carbons (Fsp3) is 1.00. The van der Waals surface area contributed by atoms with Gasteiger partial charge >= 0.3 is 0 Å². The maximum Gasteiger partial charge on any atom is 0.0107 e. The molecule has 2 atom stereocenters. The van der Waals surface area contributed by atoms with E-state index in [1.807, 2.05) is 0 Å². The molecule has 2 unspecified atom stereocenters. The van der Waals surface area contributed by atoms with Crippen molar-refractivity contribution in [2.45, 2.75) is 65.0 Å². The Balaban J connectivity index is 2.28. The highest BCUT2D eigenvalue weighted by Crippen LogP contribution is 2.22. The maximum absolute atomic E-state index is 3.61. The molecule has 16 heavy (non-hydrogen) atoms. The lowest BCUT2D eigenvalue weighted by atomic mass is 9.90. The van der Waals surface area contributed by atoms with Gasteiger partial charge in [0.25, 0.3) is 0 Å². The molecule has 1 fully saturated rings. The van der Waals surface area contributed by atoms with Crippen LogP contribution in [-0.4, -0.2) is 37.1 Å². The molecule has 2 heteroatoms. The normalized spacial score (nSPS) is 26.6. The third-order valence-electron chi connectivity index (χ3n) is 3.82. The molecular weight excluding hydrogens is 196 g/mol. The molecular formula is C14H30N2. The average Bonchev–Trinajstić information content (AvgIpc) is 2.26. The zero-order valence-corrected chi connectivity index (χ0v) is 11.6. The zero-order chi connectivity index (χ0) is 12.0. The Morgan fingerprint density at radius 2 is 2.06 bits per heavy atom. The number of nitrogens with zero attached hydrogens (tertiary/aromatic N) is 1. The average molecular weight is 226 g/mol. The summed E-state index contributed by atoms with van der Waals surface area (Å²) in [6.07, 6.45) is 6.86. The van der Waals surface area contributed by atoms with Crippen molar-refractivity contribution in [2.75, 3.05) is 20.1 Å². The molecule has 1 aliphatic carbocycles. The Bertz CT molecular complexity index is 178. The van der Waals surface area contributed by atoms with E-state index in [0.717, 1.165) is 24.5 Å². The molecule has 0 aromatic carbocycles. The lowest BCUT2D eigenvalue weighted by molar-refractivity contribution is 0.163. The van der Waals surface area contributed by atoms with E-state index in [1.54, 1.807) is 0 Å². The molecule has 1 saturated carbocycles. The maximum atomic E-state index is 3.61. The van der Waals surface area contributed by atoms with Crippen LogP contribution in [0.4, 0.5) is 0 Å². The van der Waals surface area contributed by atoms with Gasteiger partial charge in [-0.15, -0.1) is 0 Å². The van der Waals surface area contributed by atoms with Crippen LogP contribution in [0.3, 0.4) is 0 Å². The van der Waals surface area contributed by atoms with Crippen LogP contribution >= 0.6 is 0 Å². The molecule has 0 spiro atoms. The van der Waals surface area contributed by atoms with E-state index in [0.29, 0.717) is 0 Å². The molecule has 0 saturated heterocycles. The van der Waals surface area contributed by atoms with Gasteiger partial charge in [0.15, 0.2) is 0 Å². The van der Waals surface area contributed by atoms with E-state index >= 15 is 0 Å². The monoisotopic (exact) mass is 226 g/mol.